The molecule has 0 bridgehead atoms. The maximum atomic E-state index is 12.4. The van der Waals surface area contributed by atoms with Gasteiger partial charge in [0.2, 0.25) is 11.8 Å². The zero-order valence-corrected chi connectivity index (χ0v) is 15.7. The third kappa shape index (κ3) is 4.38. The monoisotopic (exact) mass is 370 g/mol. The fourth-order valence-electron chi connectivity index (χ4n) is 3.87. The van der Waals surface area contributed by atoms with E-state index in [-0.39, 0.29) is 17.8 Å². The first-order chi connectivity index (χ1) is 13.0. The van der Waals surface area contributed by atoms with Gasteiger partial charge >= 0.3 is 5.97 Å². The Morgan fingerprint density at radius 1 is 1.11 bits per heavy atom. The Morgan fingerprint density at radius 2 is 1.81 bits per heavy atom. The molecule has 6 heteroatoms. The van der Waals surface area contributed by atoms with Crippen LogP contribution in [0, 0.1) is 0 Å². The number of amides is 2. The molecular formula is C21H26N2O4. The molecule has 1 saturated heterocycles. The molecule has 2 amide bonds. The second kappa shape index (κ2) is 8.37. The molecule has 27 heavy (non-hydrogen) atoms. The van der Waals surface area contributed by atoms with Crippen LogP contribution in [-0.4, -0.2) is 37.0 Å². The second-order valence-electron chi connectivity index (χ2n) is 7.20. The lowest BCUT2D eigenvalue weighted by Crippen LogP contribution is -2.55. The Morgan fingerprint density at radius 3 is 2.41 bits per heavy atom. The summed E-state index contributed by atoms with van der Waals surface area (Å²) in [6.45, 7) is 0.756. The predicted molar refractivity (Wildman–Crippen MR) is 103 cm³/mol. The van der Waals surface area contributed by atoms with E-state index in [0.29, 0.717) is 19.3 Å². The number of nitrogens with zero attached hydrogens (tertiary/aromatic N) is 1. The molecule has 2 fully saturated rings. The van der Waals surface area contributed by atoms with Gasteiger partial charge in [-0.1, -0.05) is 31.4 Å². The summed E-state index contributed by atoms with van der Waals surface area (Å²) in [5, 5.41) is 2.86. The van der Waals surface area contributed by atoms with Crippen LogP contribution in [0.3, 0.4) is 0 Å². The van der Waals surface area contributed by atoms with E-state index in [1.165, 1.54) is 13.2 Å². The molecule has 0 atom stereocenters. The summed E-state index contributed by atoms with van der Waals surface area (Å²) in [4.78, 5) is 38.1. The van der Waals surface area contributed by atoms with Crippen LogP contribution < -0.4 is 10.2 Å². The molecule has 1 aliphatic heterocycles. The lowest BCUT2D eigenvalue weighted by molar-refractivity contribution is -0.152. The number of hydrogen-bond donors (Lipinski definition) is 1. The lowest BCUT2D eigenvalue weighted by atomic mass is 9.81. The SMILES string of the molecule is COC(=O)C1(NC(=O)/C=C/c2ccc(N3CCCC3=O)cc2)CCCCC1. The fraction of sp³-hybridized carbons (Fsp3) is 0.476. The van der Waals surface area contributed by atoms with E-state index in [1.807, 2.05) is 24.3 Å². The number of nitrogens with one attached hydrogen (secondary N) is 1. The summed E-state index contributed by atoms with van der Waals surface area (Å²) >= 11 is 0. The van der Waals surface area contributed by atoms with E-state index in [0.717, 1.165) is 43.5 Å². The molecule has 6 nitrogen and oxygen atoms in total. The van der Waals surface area contributed by atoms with Crippen molar-refractivity contribution in [3.05, 3.63) is 35.9 Å². The average Bonchev–Trinajstić information content (AvgIpc) is 3.12. The van der Waals surface area contributed by atoms with E-state index in [1.54, 1.807) is 11.0 Å². The second-order valence-corrected chi connectivity index (χ2v) is 7.20. The highest BCUT2D eigenvalue weighted by Gasteiger charge is 2.41. The van der Waals surface area contributed by atoms with E-state index in [2.05, 4.69) is 5.32 Å². The van der Waals surface area contributed by atoms with E-state index in [9.17, 15) is 14.4 Å². The van der Waals surface area contributed by atoms with E-state index < -0.39 is 5.54 Å². The molecule has 1 N–H and O–H groups in total. The number of carbonyl (C=O) groups is 3. The molecule has 0 spiro atoms. The summed E-state index contributed by atoms with van der Waals surface area (Å²) in [5.74, 6) is -0.525. The minimum Gasteiger partial charge on any atom is -0.467 e. The highest BCUT2D eigenvalue weighted by Crippen LogP contribution is 2.29. The number of carbonyl (C=O) groups excluding carboxylic acids is 3. The van der Waals surface area contributed by atoms with Gasteiger partial charge in [0.05, 0.1) is 7.11 Å². The maximum absolute atomic E-state index is 12.4. The largest absolute Gasteiger partial charge is 0.467 e. The van der Waals surface area contributed by atoms with Crippen LogP contribution in [0.15, 0.2) is 30.3 Å². The van der Waals surface area contributed by atoms with Gasteiger partial charge in [-0.2, -0.15) is 0 Å². The van der Waals surface area contributed by atoms with Gasteiger partial charge in [-0.05, 0) is 43.0 Å². The summed E-state index contributed by atoms with van der Waals surface area (Å²) in [6, 6.07) is 7.53. The van der Waals surface area contributed by atoms with Gasteiger partial charge in [0.15, 0.2) is 0 Å². The minimum atomic E-state index is -0.908. The number of rotatable bonds is 5. The molecule has 1 aliphatic carbocycles. The third-order valence-corrected chi connectivity index (χ3v) is 5.35. The summed E-state index contributed by atoms with van der Waals surface area (Å²) in [6.07, 6.45) is 8.72. The first kappa shape index (κ1) is 19.1. The van der Waals surface area contributed by atoms with Crippen LogP contribution >= 0.6 is 0 Å². The van der Waals surface area contributed by atoms with Gasteiger partial charge < -0.3 is 15.0 Å². The zero-order valence-electron chi connectivity index (χ0n) is 15.7. The normalized spacial score (nSPS) is 19.3. The maximum Gasteiger partial charge on any atom is 0.331 e. The van der Waals surface area contributed by atoms with Crippen molar-refractivity contribution in [2.45, 2.75) is 50.5 Å². The molecule has 0 aromatic heterocycles. The zero-order chi connectivity index (χ0) is 19.3. The van der Waals surface area contributed by atoms with Gasteiger partial charge in [-0.3, -0.25) is 9.59 Å². The van der Waals surface area contributed by atoms with Crippen LogP contribution in [0.1, 0.15) is 50.5 Å². The Bertz CT molecular complexity index is 733. The summed E-state index contributed by atoms with van der Waals surface area (Å²) in [5.41, 5.74) is 0.830. The Labute approximate surface area is 159 Å². The Balaban J connectivity index is 1.63. The van der Waals surface area contributed by atoms with Gasteiger partial charge in [-0.15, -0.1) is 0 Å². The van der Waals surface area contributed by atoms with Crippen molar-refractivity contribution in [1.82, 2.24) is 5.32 Å². The first-order valence-electron chi connectivity index (χ1n) is 9.53. The molecule has 2 aliphatic rings. The van der Waals surface area contributed by atoms with Crippen LogP contribution in [0.5, 0.6) is 0 Å². The van der Waals surface area contributed by atoms with Crippen molar-refractivity contribution >= 4 is 29.5 Å². The van der Waals surface area contributed by atoms with Crippen LogP contribution in [-0.2, 0) is 19.1 Å². The van der Waals surface area contributed by atoms with Crippen LogP contribution in [0.25, 0.3) is 6.08 Å². The molecule has 1 saturated carbocycles. The number of esters is 1. The molecule has 1 heterocycles. The van der Waals surface area contributed by atoms with Crippen molar-refractivity contribution in [1.29, 1.82) is 0 Å². The minimum absolute atomic E-state index is 0.151. The number of ether oxygens (including phenoxy) is 1. The predicted octanol–water partition coefficient (Wildman–Crippen LogP) is 2.82. The van der Waals surface area contributed by atoms with Gasteiger partial charge in [0.25, 0.3) is 0 Å². The quantitative estimate of drug-likeness (QED) is 0.639. The summed E-state index contributed by atoms with van der Waals surface area (Å²) in [7, 11) is 1.35. The highest BCUT2D eigenvalue weighted by atomic mass is 16.5. The first-order valence-corrected chi connectivity index (χ1v) is 9.53. The molecule has 1 aromatic rings. The molecule has 3 rings (SSSR count). The molecule has 0 radical (unpaired) electrons. The van der Waals surface area contributed by atoms with Crippen molar-refractivity contribution in [2.75, 3.05) is 18.6 Å². The van der Waals surface area contributed by atoms with Crippen molar-refractivity contribution < 1.29 is 19.1 Å². The number of anilines is 1. The van der Waals surface area contributed by atoms with Gasteiger partial charge in [0, 0.05) is 24.7 Å². The molecular weight excluding hydrogens is 344 g/mol. The third-order valence-electron chi connectivity index (χ3n) is 5.35. The standard InChI is InChI=1S/C21H26N2O4/c1-27-20(26)21(13-3-2-4-14-21)22-18(24)12-9-16-7-10-17(11-8-16)23-15-5-6-19(23)25/h7-12H,2-6,13-15H2,1H3,(H,22,24)/b12-9+. The number of benzene rings is 1. The molecule has 0 unspecified atom stereocenters. The van der Waals surface area contributed by atoms with Gasteiger partial charge in [0.1, 0.15) is 5.54 Å². The highest BCUT2D eigenvalue weighted by molar-refractivity contribution is 5.97. The van der Waals surface area contributed by atoms with Gasteiger partial charge in [-0.25, -0.2) is 4.79 Å². The van der Waals surface area contributed by atoms with Crippen LogP contribution in [0.2, 0.25) is 0 Å². The smallest absolute Gasteiger partial charge is 0.331 e. The topological polar surface area (TPSA) is 75.7 Å². The molecule has 1 aromatic carbocycles. The number of methoxy groups -OCH3 is 1. The van der Waals surface area contributed by atoms with E-state index >= 15 is 0 Å². The van der Waals surface area contributed by atoms with Crippen molar-refractivity contribution in [3.63, 3.8) is 0 Å². The summed E-state index contributed by atoms with van der Waals surface area (Å²) < 4.78 is 4.92. The Kier molecular flexibility index (Phi) is 5.94. The lowest BCUT2D eigenvalue weighted by Gasteiger charge is -2.34. The van der Waals surface area contributed by atoms with Crippen molar-refractivity contribution in [3.8, 4) is 0 Å². The molecule has 144 valence electrons. The average molecular weight is 370 g/mol. The van der Waals surface area contributed by atoms with Crippen LogP contribution in [0.4, 0.5) is 5.69 Å². The number of hydrogen-bond acceptors (Lipinski definition) is 4. The van der Waals surface area contributed by atoms with E-state index in [4.69, 9.17) is 4.74 Å². The Hall–Kier alpha value is -2.63. The van der Waals surface area contributed by atoms with Crippen molar-refractivity contribution in [2.24, 2.45) is 0 Å². The fourth-order valence-corrected chi connectivity index (χ4v) is 3.87.